The van der Waals surface area contributed by atoms with Gasteiger partial charge in [0.2, 0.25) is 5.43 Å². The average molecular weight is 352 g/mol. The largest absolute Gasteiger partial charge is 0.508 e. The molecule has 2 N–H and O–H groups in total. The van der Waals surface area contributed by atoms with Crippen molar-refractivity contribution in [1.29, 1.82) is 0 Å². The normalized spacial score (nSPS) is 22.4. The van der Waals surface area contributed by atoms with Crippen molar-refractivity contribution in [2.75, 3.05) is 0 Å². The SMILES string of the molecule is CC1(C)Oc2cc3occ(-c4ccc(O)cc4)c(=O)c3c(O)c2C2OC21. The van der Waals surface area contributed by atoms with Gasteiger partial charge in [0, 0.05) is 6.07 Å². The summed E-state index contributed by atoms with van der Waals surface area (Å²) in [6.45, 7) is 3.85. The van der Waals surface area contributed by atoms with Gasteiger partial charge in [-0.05, 0) is 31.5 Å². The number of hydrogen-bond acceptors (Lipinski definition) is 6. The second-order valence-corrected chi connectivity index (χ2v) is 7.22. The van der Waals surface area contributed by atoms with E-state index in [1.54, 1.807) is 18.2 Å². The quantitative estimate of drug-likeness (QED) is 0.652. The molecule has 0 aliphatic carbocycles. The van der Waals surface area contributed by atoms with Crippen molar-refractivity contribution >= 4 is 11.0 Å². The number of aromatic hydroxyl groups is 2. The third-order valence-corrected chi connectivity index (χ3v) is 5.05. The molecular weight excluding hydrogens is 336 g/mol. The molecule has 5 rings (SSSR count). The highest BCUT2D eigenvalue weighted by Gasteiger charge is 2.58. The second-order valence-electron chi connectivity index (χ2n) is 7.22. The zero-order chi connectivity index (χ0) is 18.2. The highest BCUT2D eigenvalue weighted by Crippen LogP contribution is 2.57. The van der Waals surface area contributed by atoms with E-state index in [1.165, 1.54) is 18.4 Å². The molecule has 2 aromatic carbocycles. The molecule has 2 aliphatic rings. The number of benzene rings is 2. The number of phenols is 2. The zero-order valence-electron chi connectivity index (χ0n) is 14.1. The fourth-order valence-electron chi connectivity index (χ4n) is 3.66. The molecule has 26 heavy (non-hydrogen) atoms. The van der Waals surface area contributed by atoms with E-state index in [1.807, 2.05) is 13.8 Å². The minimum absolute atomic E-state index is 0.104. The molecule has 2 atom stereocenters. The number of rotatable bonds is 1. The van der Waals surface area contributed by atoms with Crippen LogP contribution in [0.4, 0.5) is 0 Å². The summed E-state index contributed by atoms with van der Waals surface area (Å²) >= 11 is 0. The molecule has 0 radical (unpaired) electrons. The topological polar surface area (TPSA) is 92.4 Å². The Kier molecular flexibility index (Phi) is 2.82. The van der Waals surface area contributed by atoms with Crippen molar-refractivity contribution in [1.82, 2.24) is 0 Å². The Bertz CT molecular complexity index is 1110. The summed E-state index contributed by atoms with van der Waals surface area (Å²) in [5.74, 6) is 0.418. The number of epoxide rings is 1. The second kappa shape index (κ2) is 4.80. The molecule has 2 aliphatic heterocycles. The summed E-state index contributed by atoms with van der Waals surface area (Å²) in [6, 6.07) is 7.85. The molecule has 1 aromatic heterocycles. The predicted molar refractivity (Wildman–Crippen MR) is 93.6 cm³/mol. The van der Waals surface area contributed by atoms with Crippen LogP contribution in [-0.4, -0.2) is 21.9 Å². The van der Waals surface area contributed by atoms with Crippen molar-refractivity contribution in [3.63, 3.8) is 0 Å². The lowest BCUT2D eigenvalue weighted by atomic mass is 9.92. The Labute approximate surface area is 148 Å². The molecule has 3 heterocycles. The maximum absolute atomic E-state index is 13.0. The summed E-state index contributed by atoms with van der Waals surface area (Å²) in [6.07, 6.45) is 0.924. The van der Waals surface area contributed by atoms with E-state index < -0.39 is 5.60 Å². The lowest BCUT2D eigenvalue weighted by Crippen LogP contribution is -2.37. The Morgan fingerprint density at radius 3 is 2.58 bits per heavy atom. The molecular formula is C20H16O6. The summed E-state index contributed by atoms with van der Waals surface area (Å²) in [7, 11) is 0. The van der Waals surface area contributed by atoms with Gasteiger partial charge in [0.05, 0.1) is 11.1 Å². The number of phenolic OH excluding ortho intramolecular Hbond substituents is 2. The smallest absolute Gasteiger partial charge is 0.204 e. The van der Waals surface area contributed by atoms with Crippen molar-refractivity contribution in [3.05, 3.63) is 52.4 Å². The maximum atomic E-state index is 13.0. The third kappa shape index (κ3) is 1.99. The van der Waals surface area contributed by atoms with Crippen LogP contribution in [0.5, 0.6) is 17.2 Å². The first kappa shape index (κ1) is 15.3. The van der Waals surface area contributed by atoms with Gasteiger partial charge in [0.1, 0.15) is 52.3 Å². The molecule has 0 spiro atoms. The van der Waals surface area contributed by atoms with Crippen LogP contribution in [0.3, 0.4) is 0 Å². The van der Waals surface area contributed by atoms with Crippen LogP contribution in [0.25, 0.3) is 22.1 Å². The number of hydrogen-bond donors (Lipinski definition) is 2. The summed E-state index contributed by atoms with van der Waals surface area (Å²) < 4.78 is 17.3. The van der Waals surface area contributed by atoms with Gasteiger partial charge < -0.3 is 24.1 Å². The maximum Gasteiger partial charge on any atom is 0.204 e. The Morgan fingerprint density at radius 2 is 1.85 bits per heavy atom. The van der Waals surface area contributed by atoms with Crippen LogP contribution in [-0.2, 0) is 4.74 Å². The lowest BCUT2D eigenvalue weighted by Gasteiger charge is -2.29. The van der Waals surface area contributed by atoms with Crippen LogP contribution >= 0.6 is 0 Å². The first-order chi connectivity index (χ1) is 12.4. The van der Waals surface area contributed by atoms with E-state index in [-0.39, 0.29) is 40.1 Å². The Balaban J connectivity index is 1.75. The van der Waals surface area contributed by atoms with Crippen molar-refractivity contribution in [3.8, 4) is 28.4 Å². The summed E-state index contributed by atoms with van der Waals surface area (Å²) in [4.78, 5) is 13.0. The lowest BCUT2D eigenvalue weighted by molar-refractivity contribution is 0.0723. The first-order valence-electron chi connectivity index (χ1n) is 8.32. The van der Waals surface area contributed by atoms with Crippen molar-refractivity contribution in [2.24, 2.45) is 0 Å². The van der Waals surface area contributed by atoms with Gasteiger partial charge in [-0.3, -0.25) is 4.79 Å². The first-order valence-corrected chi connectivity index (χ1v) is 8.32. The molecule has 0 amide bonds. The molecule has 132 valence electrons. The fourth-order valence-corrected chi connectivity index (χ4v) is 3.66. The molecule has 2 unspecified atom stereocenters. The van der Waals surface area contributed by atoms with E-state index in [2.05, 4.69) is 0 Å². The van der Waals surface area contributed by atoms with E-state index in [9.17, 15) is 15.0 Å². The van der Waals surface area contributed by atoms with Gasteiger partial charge in [-0.15, -0.1) is 0 Å². The summed E-state index contributed by atoms with van der Waals surface area (Å²) in [5.41, 5.74) is 0.788. The van der Waals surface area contributed by atoms with E-state index in [4.69, 9.17) is 13.9 Å². The molecule has 3 aromatic rings. The molecule has 6 nitrogen and oxygen atoms in total. The minimum Gasteiger partial charge on any atom is -0.508 e. The van der Waals surface area contributed by atoms with Crippen molar-refractivity contribution < 1.29 is 24.1 Å². The van der Waals surface area contributed by atoms with Gasteiger partial charge in [0.25, 0.3) is 0 Å². The Morgan fingerprint density at radius 1 is 1.12 bits per heavy atom. The Hall–Kier alpha value is -2.99. The molecule has 0 saturated carbocycles. The van der Waals surface area contributed by atoms with Gasteiger partial charge in [0.15, 0.2) is 0 Å². The van der Waals surface area contributed by atoms with Crippen LogP contribution < -0.4 is 10.2 Å². The van der Waals surface area contributed by atoms with Crippen LogP contribution in [0.1, 0.15) is 25.5 Å². The third-order valence-electron chi connectivity index (χ3n) is 5.05. The average Bonchev–Trinajstić information content (AvgIpc) is 3.37. The standard InChI is InChI=1S/C20H16O6/c1-20(2)19-18(25-19)15-13(26-20)7-12-14(17(15)23)16(22)11(8-24-12)9-3-5-10(21)6-4-9/h3-8,18-19,21,23H,1-2H3. The highest BCUT2D eigenvalue weighted by atomic mass is 16.6. The van der Waals surface area contributed by atoms with E-state index in [0.29, 0.717) is 22.4 Å². The van der Waals surface area contributed by atoms with Gasteiger partial charge in [-0.25, -0.2) is 0 Å². The number of fused-ring (bicyclic) bond motifs is 4. The molecule has 1 saturated heterocycles. The molecule has 0 bridgehead atoms. The fraction of sp³-hybridized carbons (Fsp3) is 0.250. The van der Waals surface area contributed by atoms with E-state index >= 15 is 0 Å². The van der Waals surface area contributed by atoms with Crippen LogP contribution in [0, 0.1) is 0 Å². The van der Waals surface area contributed by atoms with Crippen molar-refractivity contribution in [2.45, 2.75) is 31.7 Å². The summed E-state index contributed by atoms with van der Waals surface area (Å²) in [5, 5.41) is 20.3. The monoisotopic (exact) mass is 352 g/mol. The van der Waals surface area contributed by atoms with Gasteiger partial charge in [-0.2, -0.15) is 0 Å². The minimum atomic E-state index is -0.510. The highest BCUT2D eigenvalue weighted by molar-refractivity contribution is 5.90. The molecule has 1 fully saturated rings. The van der Waals surface area contributed by atoms with Gasteiger partial charge in [-0.1, -0.05) is 12.1 Å². The van der Waals surface area contributed by atoms with Crippen LogP contribution in [0.15, 0.2) is 45.8 Å². The van der Waals surface area contributed by atoms with Gasteiger partial charge >= 0.3 is 0 Å². The zero-order valence-corrected chi connectivity index (χ0v) is 14.1. The van der Waals surface area contributed by atoms with Crippen LogP contribution in [0.2, 0.25) is 0 Å². The van der Waals surface area contributed by atoms with E-state index in [0.717, 1.165) is 0 Å². The molecule has 6 heteroatoms. The predicted octanol–water partition coefficient (Wildman–Crippen LogP) is 3.48. The number of ether oxygens (including phenoxy) is 2.